The maximum atomic E-state index is 13.4. The van der Waals surface area contributed by atoms with Gasteiger partial charge in [-0.1, -0.05) is 18.2 Å². The molecular weight excluding hydrogens is 359 g/mol. The Hall–Kier alpha value is -3.03. The number of carbonyl (C=O) groups excluding carboxylic acids is 1. The van der Waals surface area contributed by atoms with E-state index in [2.05, 4.69) is 15.3 Å². The molecule has 1 N–H and O–H groups in total. The molecule has 1 amide bonds. The van der Waals surface area contributed by atoms with E-state index in [9.17, 15) is 9.18 Å². The van der Waals surface area contributed by atoms with E-state index in [1.807, 2.05) is 36.5 Å². The van der Waals surface area contributed by atoms with E-state index in [-0.39, 0.29) is 11.7 Å². The Morgan fingerprint density at radius 3 is 2.61 bits per heavy atom. The first-order valence-electron chi connectivity index (χ1n) is 9.19. The van der Waals surface area contributed by atoms with Crippen molar-refractivity contribution in [3.8, 4) is 5.69 Å². The van der Waals surface area contributed by atoms with Crippen LogP contribution in [0.5, 0.6) is 0 Å². The molecule has 1 fully saturated rings. The van der Waals surface area contributed by atoms with Gasteiger partial charge in [-0.2, -0.15) is 5.10 Å². The van der Waals surface area contributed by atoms with Gasteiger partial charge in [0.05, 0.1) is 18.9 Å². The summed E-state index contributed by atoms with van der Waals surface area (Å²) in [7, 11) is 0. The highest BCUT2D eigenvalue weighted by Crippen LogP contribution is 2.25. The maximum absolute atomic E-state index is 13.4. The molecule has 0 aliphatic carbocycles. The van der Waals surface area contributed by atoms with E-state index in [1.165, 1.54) is 12.1 Å². The van der Waals surface area contributed by atoms with Gasteiger partial charge in [0.25, 0.3) is 0 Å². The molecule has 6 nitrogen and oxygen atoms in total. The third-order valence-corrected chi connectivity index (χ3v) is 4.73. The Morgan fingerprint density at radius 1 is 1.11 bits per heavy atom. The molecular formula is C21H21FN4O2. The lowest BCUT2D eigenvalue weighted by Crippen LogP contribution is -2.43. The Labute approximate surface area is 162 Å². The summed E-state index contributed by atoms with van der Waals surface area (Å²) in [6.45, 7) is 2.42. The number of rotatable bonds is 5. The molecule has 1 atom stereocenters. The number of nitrogens with zero attached hydrogens (tertiary/aromatic N) is 3. The topological polar surface area (TPSA) is 59.4 Å². The summed E-state index contributed by atoms with van der Waals surface area (Å²) in [5.41, 5.74) is 2.29. The van der Waals surface area contributed by atoms with Crippen molar-refractivity contribution in [2.75, 3.05) is 31.6 Å². The summed E-state index contributed by atoms with van der Waals surface area (Å²) >= 11 is 0. The van der Waals surface area contributed by atoms with Crippen molar-refractivity contribution < 1.29 is 13.9 Å². The van der Waals surface area contributed by atoms with Gasteiger partial charge >= 0.3 is 0 Å². The number of halogens is 1. The van der Waals surface area contributed by atoms with Crippen LogP contribution in [0.15, 0.2) is 67.0 Å². The molecule has 0 spiro atoms. The standard InChI is InChI=1S/C21H21FN4O2/c22-17-7-5-16(6-8-17)20(25-11-13-28-14-12-25)21(27)24-18-3-1-4-19(15-18)26-10-2-9-23-26/h1-10,15,20H,11-14H2,(H,24,27)/t20-/m0/s1. The van der Waals surface area contributed by atoms with E-state index < -0.39 is 6.04 Å². The molecule has 144 valence electrons. The minimum absolute atomic E-state index is 0.161. The molecule has 7 heteroatoms. The zero-order valence-corrected chi connectivity index (χ0v) is 15.3. The number of carbonyl (C=O) groups is 1. The number of anilines is 1. The second-order valence-corrected chi connectivity index (χ2v) is 6.59. The van der Waals surface area contributed by atoms with Gasteiger partial charge in [0, 0.05) is 31.2 Å². The van der Waals surface area contributed by atoms with Crippen LogP contribution in [0.4, 0.5) is 10.1 Å². The molecule has 3 aromatic rings. The number of hydrogen-bond acceptors (Lipinski definition) is 4. The van der Waals surface area contributed by atoms with Crippen LogP contribution in [0.1, 0.15) is 11.6 Å². The zero-order valence-electron chi connectivity index (χ0n) is 15.3. The van der Waals surface area contributed by atoms with Crippen molar-refractivity contribution >= 4 is 11.6 Å². The predicted molar refractivity (Wildman–Crippen MR) is 104 cm³/mol. The Balaban J connectivity index is 1.58. The molecule has 1 aliphatic rings. The number of amides is 1. The van der Waals surface area contributed by atoms with E-state index in [0.717, 1.165) is 11.3 Å². The Morgan fingerprint density at radius 2 is 1.89 bits per heavy atom. The summed E-state index contributed by atoms with van der Waals surface area (Å²) in [6, 6.07) is 14.9. The fraction of sp³-hybridized carbons (Fsp3) is 0.238. The number of morpholine rings is 1. The molecule has 0 unspecified atom stereocenters. The minimum Gasteiger partial charge on any atom is -0.379 e. The molecule has 1 aromatic heterocycles. The third kappa shape index (κ3) is 4.11. The molecule has 1 aliphatic heterocycles. The van der Waals surface area contributed by atoms with Gasteiger partial charge in [-0.15, -0.1) is 0 Å². The number of benzene rings is 2. The second kappa shape index (κ2) is 8.33. The number of aromatic nitrogens is 2. The lowest BCUT2D eigenvalue weighted by molar-refractivity contribution is -0.123. The molecule has 0 radical (unpaired) electrons. The predicted octanol–water partition coefficient (Wildman–Crippen LogP) is 3.02. The van der Waals surface area contributed by atoms with Crippen molar-refractivity contribution in [1.29, 1.82) is 0 Å². The van der Waals surface area contributed by atoms with Crippen LogP contribution in [0.25, 0.3) is 5.69 Å². The van der Waals surface area contributed by atoms with Gasteiger partial charge in [-0.25, -0.2) is 9.07 Å². The van der Waals surface area contributed by atoms with E-state index in [1.54, 1.807) is 23.0 Å². The van der Waals surface area contributed by atoms with Crippen LogP contribution in [0.2, 0.25) is 0 Å². The average Bonchev–Trinajstić information content (AvgIpc) is 3.26. The molecule has 28 heavy (non-hydrogen) atoms. The largest absolute Gasteiger partial charge is 0.379 e. The van der Waals surface area contributed by atoms with Crippen molar-refractivity contribution in [1.82, 2.24) is 14.7 Å². The van der Waals surface area contributed by atoms with E-state index >= 15 is 0 Å². The van der Waals surface area contributed by atoms with Gasteiger partial charge in [0.1, 0.15) is 11.9 Å². The highest BCUT2D eigenvalue weighted by molar-refractivity contribution is 5.95. The SMILES string of the molecule is O=C(Nc1cccc(-n2cccn2)c1)[C@H](c1ccc(F)cc1)N1CCOCC1. The lowest BCUT2D eigenvalue weighted by atomic mass is 10.0. The molecule has 2 heterocycles. The minimum atomic E-state index is -0.516. The second-order valence-electron chi connectivity index (χ2n) is 6.59. The molecule has 0 bridgehead atoms. The fourth-order valence-corrected chi connectivity index (χ4v) is 3.37. The van der Waals surface area contributed by atoms with E-state index in [0.29, 0.717) is 32.0 Å². The maximum Gasteiger partial charge on any atom is 0.246 e. The van der Waals surface area contributed by atoms with Gasteiger partial charge in [-0.3, -0.25) is 9.69 Å². The summed E-state index contributed by atoms with van der Waals surface area (Å²) in [5, 5.41) is 7.22. The van der Waals surface area contributed by atoms with Crippen LogP contribution in [0.3, 0.4) is 0 Å². The summed E-state index contributed by atoms with van der Waals surface area (Å²) in [4.78, 5) is 15.2. The van der Waals surface area contributed by atoms with Crippen LogP contribution in [-0.4, -0.2) is 46.9 Å². The van der Waals surface area contributed by atoms with Crippen molar-refractivity contribution in [3.63, 3.8) is 0 Å². The third-order valence-electron chi connectivity index (χ3n) is 4.73. The molecule has 2 aromatic carbocycles. The Kier molecular flexibility index (Phi) is 5.45. The van der Waals surface area contributed by atoms with Crippen molar-refractivity contribution in [2.24, 2.45) is 0 Å². The number of hydrogen-bond donors (Lipinski definition) is 1. The van der Waals surface area contributed by atoms with Crippen LogP contribution in [-0.2, 0) is 9.53 Å². The lowest BCUT2D eigenvalue weighted by Gasteiger charge is -2.33. The van der Waals surface area contributed by atoms with Gasteiger partial charge in [0.15, 0.2) is 0 Å². The highest BCUT2D eigenvalue weighted by Gasteiger charge is 2.29. The van der Waals surface area contributed by atoms with Crippen LogP contribution < -0.4 is 5.32 Å². The van der Waals surface area contributed by atoms with Crippen molar-refractivity contribution in [3.05, 3.63) is 78.4 Å². The number of nitrogens with one attached hydrogen (secondary N) is 1. The first kappa shape index (κ1) is 18.3. The van der Waals surface area contributed by atoms with Crippen LogP contribution in [0, 0.1) is 5.82 Å². The average molecular weight is 380 g/mol. The quantitative estimate of drug-likeness (QED) is 0.739. The molecule has 4 rings (SSSR count). The van der Waals surface area contributed by atoms with Gasteiger partial charge < -0.3 is 10.1 Å². The van der Waals surface area contributed by atoms with Crippen LogP contribution >= 0.6 is 0 Å². The highest BCUT2D eigenvalue weighted by atomic mass is 19.1. The van der Waals surface area contributed by atoms with Crippen molar-refractivity contribution in [2.45, 2.75) is 6.04 Å². The first-order chi connectivity index (χ1) is 13.7. The number of ether oxygens (including phenoxy) is 1. The summed E-state index contributed by atoms with van der Waals surface area (Å²) < 4.78 is 20.5. The first-order valence-corrected chi connectivity index (χ1v) is 9.19. The summed E-state index contributed by atoms with van der Waals surface area (Å²) in [5.74, 6) is -0.483. The molecule has 0 saturated carbocycles. The van der Waals surface area contributed by atoms with E-state index in [4.69, 9.17) is 4.74 Å². The van der Waals surface area contributed by atoms with Gasteiger partial charge in [-0.05, 0) is 42.0 Å². The Bertz CT molecular complexity index is 922. The van der Waals surface area contributed by atoms with Gasteiger partial charge in [0.2, 0.25) is 5.91 Å². The smallest absolute Gasteiger partial charge is 0.246 e. The zero-order chi connectivity index (χ0) is 19.3. The molecule has 1 saturated heterocycles. The fourth-order valence-electron chi connectivity index (χ4n) is 3.37. The monoisotopic (exact) mass is 380 g/mol. The normalized spacial score (nSPS) is 15.9. The summed E-state index contributed by atoms with van der Waals surface area (Å²) in [6.07, 6.45) is 3.55.